The Hall–Kier alpha value is -2.24. The van der Waals surface area contributed by atoms with Crippen molar-refractivity contribution in [2.45, 2.75) is 26.4 Å². The summed E-state index contributed by atoms with van der Waals surface area (Å²) in [4.78, 5) is 26.3. The molecule has 2 aromatic rings. The number of rotatable bonds is 7. The molecular formula is C20H22Cl2N2O3. The van der Waals surface area contributed by atoms with Crippen LogP contribution in [0.1, 0.15) is 18.1 Å². The average molecular weight is 409 g/mol. The van der Waals surface area contributed by atoms with Crippen LogP contribution in [0.4, 0.5) is 0 Å². The van der Waals surface area contributed by atoms with Crippen LogP contribution >= 0.6 is 23.2 Å². The quantitative estimate of drug-likeness (QED) is 0.756. The van der Waals surface area contributed by atoms with E-state index >= 15 is 0 Å². The highest BCUT2D eigenvalue weighted by molar-refractivity contribution is 6.42. The number of hydrogen-bond donors (Lipinski definition) is 1. The zero-order valence-corrected chi connectivity index (χ0v) is 17.0. The normalized spacial score (nSPS) is 11.6. The number of carbonyl (C=O) groups is 2. The maximum absolute atomic E-state index is 12.8. The summed E-state index contributed by atoms with van der Waals surface area (Å²) in [6.45, 7) is 3.65. The summed E-state index contributed by atoms with van der Waals surface area (Å²) in [5.41, 5.74) is 1.80. The van der Waals surface area contributed by atoms with E-state index < -0.39 is 6.04 Å². The zero-order chi connectivity index (χ0) is 20.0. The molecule has 0 saturated carbocycles. The third-order valence-electron chi connectivity index (χ3n) is 4.10. The molecule has 0 bridgehead atoms. The van der Waals surface area contributed by atoms with Crippen LogP contribution in [0.2, 0.25) is 10.0 Å². The van der Waals surface area contributed by atoms with E-state index in [1.165, 1.54) is 11.9 Å². The Labute approximate surface area is 169 Å². The number of nitrogens with zero attached hydrogens (tertiary/aromatic N) is 1. The molecule has 0 spiro atoms. The largest absolute Gasteiger partial charge is 0.484 e. The highest BCUT2D eigenvalue weighted by Crippen LogP contribution is 2.24. The van der Waals surface area contributed by atoms with Crippen molar-refractivity contribution in [3.05, 3.63) is 63.6 Å². The van der Waals surface area contributed by atoms with Crippen molar-refractivity contribution < 1.29 is 14.3 Å². The molecule has 7 heteroatoms. The minimum absolute atomic E-state index is 0.174. The van der Waals surface area contributed by atoms with Crippen LogP contribution in [-0.2, 0) is 16.1 Å². The summed E-state index contributed by atoms with van der Waals surface area (Å²) in [6.07, 6.45) is 0. The lowest BCUT2D eigenvalue weighted by Crippen LogP contribution is -2.48. The van der Waals surface area contributed by atoms with Crippen molar-refractivity contribution in [2.75, 3.05) is 13.7 Å². The number of amides is 2. The number of nitrogens with one attached hydrogen (secondary N) is 1. The second-order valence-corrected chi connectivity index (χ2v) is 6.98. The van der Waals surface area contributed by atoms with E-state index in [-0.39, 0.29) is 25.0 Å². The molecule has 0 aromatic heterocycles. The fraction of sp³-hybridized carbons (Fsp3) is 0.300. The number of benzene rings is 2. The van der Waals surface area contributed by atoms with E-state index in [9.17, 15) is 9.59 Å². The van der Waals surface area contributed by atoms with Crippen molar-refractivity contribution in [1.29, 1.82) is 0 Å². The smallest absolute Gasteiger partial charge is 0.261 e. The van der Waals surface area contributed by atoms with Crippen molar-refractivity contribution in [3.63, 3.8) is 0 Å². The number of aryl methyl sites for hydroxylation is 1. The first-order valence-corrected chi connectivity index (χ1v) is 9.22. The van der Waals surface area contributed by atoms with Gasteiger partial charge in [-0.2, -0.15) is 0 Å². The van der Waals surface area contributed by atoms with Crippen molar-refractivity contribution in [3.8, 4) is 5.75 Å². The van der Waals surface area contributed by atoms with E-state index in [2.05, 4.69) is 5.32 Å². The third-order valence-corrected chi connectivity index (χ3v) is 4.84. The van der Waals surface area contributed by atoms with Gasteiger partial charge in [-0.1, -0.05) is 41.4 Å². The first-order valence-electron chi connectivity index (χ1n) is 8.46. The van der Waals surface area contributed by atoms with Crippen LogP contribution in [0, 0.1) is 6.92 Å². The van der Waals surface area contributed by atoms with E-state index in [0.29, 0.717) is 15.8 Å². The second-order valence-electron chi connectivity index (χ2n) is 6.17. The summed E-state index contributed by atoms with van der Waals surface area (Å²) in [6, 6.07) is 11.9. The van der Waals surface area contributed by atoms with Gasteiger partial charge in [-0.15, -0.1) is 0 Å². The Bertz CT molecular complexity index is 827. The molecule has 144 valence electrons. The van der Waals surface area contributed by atoms with Crippen molar-refractivity contribution in [1.82, 2.24) is 10.2 Å². The molecule has 0 aliphatic carbocycles. The lowest BCUT2D eigenvalue weighted by atomic mass is 10.1. The molecule has 0 aliphatic rings. The highest BCUT2D eigenvalue weighted by Gasteiger charge is 2.26. The van der Waals surface area contributed by atoms with E-state index in [0.717, 1.165) is 11.1 Å². The first-order chi connectivity index (χ1) is 12.8. The summed E-state index contributed by atoms with van der Waals surface area (Å²) < 4.78 is 5.60. The maximum Gasteiger partial charge on any atom is 0.261 e. The van der Waals surface area contributed by atoms with Gasteiger partial charge in [-0.3, -0.25) is 9.59 Å². The number of carbonyl (C=O) groups excluding carboxylic acids is 2. The Morgan fingerprint density at radius 2 is 1.89 bits per heavy atom. The molecule has 2 rings (SSSR count). The molecule has 0 fully saturated rings. The molecule has 0 unspecified atom stereocenters. The van der Waals surface area contributed by atoms with Gasteiger partial charge in [0.25, 0.3) is 5.91 Å². The molecule has 0 aliphatic heterocycles. The van der Waals surface area contributed by atoms with Crippen LogP contribution in [0.5, 0.6) is 5.75 Å². The van der Waals surface area contributed by atoms with Crippen molar-refractivity contribution in [2.24, 2.45) is 0 Å². The van der Waals surface area contributed by atoms with Crippen LogP contribution in [0.3, 0.4) is 0 Å². The van der Waals surface area contributed by atoms with Gasteiger partial charge in [0, 0.05) is 13.6 Å². The molecular weight excluding hydrogens is 387 g/mol. The number of hydrogen-bond acceptors (Lipinski definition) is 3. The highest BCUT2D eigenvalue weighted by atomic mass is 35.5. The topological polar surface area (TPSA) is 58.6 Å². The van der Waals surface area contributed by atoms with Gasteiger partial charge in [0.15, 0.2) is 6.61 Å². The van der Waals surface area contributed by atoms with Crippen molar-refractivity contribution >= 4 is 35.0 Å². The molecule has 2 aromatic carbocycles. The molecule has 0 radical (unpaired) electrons. The predicted octanol–water partition coefficient (Wildman–Crippen LogP) is 3.84. The summed E-state index contributed by atoms with van der Waals surface area (Å²) >= 11 is 12.0. The van der Waals surface area contributed by atoms with E-state index in [1.807, 2.05) is 25.1 Å². The zero-order valence-electron chi connectivity index (χ0n) is 15.5. The van der Waals surface area contributed by atoms with Gasteiger partial charge in [-0.25, -0.2) is 0 Å². The Kier molecular flexibility index (Phi) is 7.51. The standard InChI is InChI=1S/C20H22Cl2N2O3/c1-13-5-4-6-16(9-13)27-12-19(25)24(14(2)20(26)23-3)11-15-7-8-17(21)18(22)10-15/h4-10,14H,11-12H2,1-3H3,(H,23,26)/t14-/m1/s1. The van der Waals surface area contributed by atoms with Crippen LogP contribution in [0.15, 0.2) is 42.5 Å². The first kappa shape index (κ1) is 21.1. The van der Waals surface area contributed by atoms with Crippen LogP contribution < -0.4 is 10.1 Å². The number of halogens is 2. The fourth-order valence-corrected chi connectivity index (χ4v) is 2.88. The SMILES string of the molecule is CNC(=O)[C@@H](C)N(Cc1ccc(Cl)c(Cl)c1)C(=O)COc1cccc(C)c1. The van der Waals surface area contributed by atoms with Gasteiger partial charge in [-0.05, 0) is 49.2 Å². The predicted molar refractivity (Wildman–Crippen MR) is 107 cm³/mol. The lowest BCUT2D eigenvalue weighted by Gasteiger charge is -2.28. The Morgan fingerprint density at radius 3 is 2.52 bits per heavy atom. The Balaban J connectivity index is 2.16. The molecule has 1 atom stereocenters. The number of ether oxygens (including phenoxy) is 1. The van der Waals surface area contributed by atoms with Gasteiger partial charge < -0.3 is 15.0 Å². The average Bonchev–Trinajstić information content (AvgIpc) is 2.65. The monoisotopic (exact) mass is 408 g/mol. The summed E-state index contributed by atoms with van der Waals surface area (Å²) in [7, 11) is 1.53. The summed E-state index contributed by atoms with van der Waals surface area (Å²) in [5, 5.41) is 3.39. The minimum atomic E-state index is -0.668. The van der Waals surface area contributed by atoms with E-state index in [1.54, 1.807) is 31.2 Å². The fourth-order valence-electron chi connectivity index (χ4n) is 2.56. The molecule has 0 heterocycles. The molecule has 0 saturated heterocycles. The molecule has 1 N–H and O–H groups in total. The number of likely N-dealkylation sites (N-methyl/N-ethyl adjacent to an activating group) is 1. The second kappa shape index (κ2) is 9.62. The van der Waals surface area contributed by atoms with Gasteiger partial charge in [0.2, 0.25) is 5.91 Å². The summed E-state index contributed by atoms with van der Waals surface area (Å²) in [5.74, 6) is 0.0306. The Morgan fingerprint density at radius 1 is 1.15 bits per heavy atom. The third kappa shape index (κ3) is 5.88. The van der Waals surface area contributed by atoms with Gasteiger partial charge in [0.1, 0.15) is 11.8 Å². The molecule has 5 nitrogen and oxygen atoms in total. The maximum atomic E-state index is 12.8. The van der Waals surface area contributed by atoms with Crippen LogP contribution in [-0.4, -0.2) is 36.4 Å². The van der Waals surface area contributed by atoms with E-state index in [4.69, 9.17) is 27.9 Å². The lowest BCUT2D eigenvalue weighted by molar-refractivity contribution is -0.142. The molecule has 27 heavy (non-hydrogen) atoms. The minimum Gasteiger partial charge on any atom is -0.484 e. The van der Waals surface area contributed by atoms with Gasteiger partial charge >= 0.3 is 0 Å². The van der Waals surface area contributed by atoms with Gasteiger partial charge in [0.05, 0.1) is 10.0 Å². The van der Waals surface area contributed by atoms with Crippen LogP contribution in [0.25, 0.3) is 0 Å². The molecule has 2 amide bonds.